The highest BCUT2D eigenvalue weighted by atomic mass is 35.5. The van der Waals surface area contributed by atoms with Crippen LogP contribution in [-0.2, 0) is 4.79 Å². The van der Waals surface area contributed by atoms with E-state index in [1.807, 2.05) is 39.0 Å². The lowest BCUT2D eigenvalue weighted by Gasteiger charge is -2.13. The van der Waals surface area contributed by atoms with Crippen LogP contribution in [0.2, 0.25) is 0 Å². The minimum Gasteiger partial charge on any atom is -0.493 e. The number of hydrogen-bond acceptors (Lipinski definition) is 3. The zero-order valence-electron chi connectivity index (χ0n) is 11.7. The third-order valence-corrected chi connectivity index (χ3v) is 2.90. The largest absolute Gasteiger partial charge is 0.493 e. The predicted octanol–water partition coefficient (Wildman–Crippen LogP) is 1.96. The van der Waals surface area contributed by atoms with E-state index in [1.54, 1.807) is 0 Å². The van der Waals surface area contributed by atoms with Gasteiger partial charge in [-0.2, -0.15) is 0 Å². The summed E-state index contributed by atoms with van der Waals surface area (Å²) in [6, 6.07) is 5.92. The Morgan fingerprint density at radius 3 is 2.74 bits per heavy atom. The normalized spacial score (nSPS) is 11.4. The highest BCUT2D eigenvalue weighted by Crippen LogP contribution is 2.20. The first kappa shape index (κ1) is 17.7. The summed E-state index contributed by atoms with van der Waals surface area (Å²) in [5.74, 6) is 0.813. The second-order valence-corrected chi connectivity index (χ2v) is 4.50. The molecule has 0 bridgehead atoms. The van der Waals surface area contributed by atoms with Crippen LogP contribution in [-0.4, -0.2) is 25.1 Å². The molecule has 0 radical (unpaired) electrons. The fraction of sp³-hybridized carbons (Fsp3) is 0.500. The van der Waals surface area contributed by atoms with Crippen molar-refractivity contribution in [2.75, 3.05) is 13.2 Å². The molecule has 0 spiro atoms. The maximum atomic E-state index is 11.5. The summed E-state index contributed by atoms with van der Waals surface area (Å²) in [5, 5.41) is 2.80. The van der Waals surface area contributed by atoms with Crippen LogP contribution < -0.4 is 15.8 Å². The van der Waals surface area contributed by atoms with Crippen LogP contribution in [0.25, 0.3) is 0 Å². The Kier molecular flexibility index (Phi) is 8.19. The van der Waals surface area contributed by atoms with Gasteiger partial charge in [-0.1, -0.05) is 12.1 Å². The average molecular weight is 287 g/mol. The number of nitrogens with two attached hydrogens (primary N) is 1. The number of hydrogen-bond donors (Lipinski definition) is 2. The van der Waals surface area contributed by atoms with Gasteiger partial charge in [0.05, 0.1) is 13.0 Å². The second kappa shape index (κ2) is 8.77. The van der Waals surface area contributed by atoms with E-state index >= 15 is 0 Å². The van der Waals surface area contributed by atoms with E-state index in [-0.39, 0.29) is 24.4 Å². The summed E-state index contributed by atoms with van der Waals surface area (Å²) < 4.78 is 5.61. The molecule has 0 unspecified atom stereocenters. The standard InChI is InChI=1S/C14H22N2O2.ClH/c1-10-5-4-6-13(12(10)3)18-8-7-14(17)16-11(2)9-15;/h4-6,11H,7-9,15H2,1-3H3,(H,16,17);1H/t11-;/m0./s1. The van der Waals surface area contributed by atoms with Gasteiger partial charge in [0.15, 0.2) is 0 Å². The maximum Gasteiger partial charge on any atom is 0.223 e. The Morgan fingerprint density at radius 2 is 2.11 bits per heavy atom. The van der Waals surface area contributed by atoms with Crippen molar-refractivity contribution < 1.29 is 9.53 Å². The minimum absolute atomic E-state index is 0. The molecule has 19 heavy (non-hydrogen) atoms. The third-order valence-electron chi connectivity index (χ3n) is 2.90. The zero-order valence-corrected chi connectivity index (χ0v) is 12.5. The quantitative estimate of drug-likeness (QED) is 0.840. The Labute approximate surface area is 121 Å². The van der Waals surface area contributed by atoms with Crippen molar-refractivity contribution >= 4 is 18.3 Å². The lowest BCUT2D eigenvalue weighted by atomic mass is 10.1. The molecule has 1 rings (SSSR count). The van der Waals surface area contributed by atoms with Gasteiger partial charge in [0.25, 0.3) is 0 Å². The lowest BCUT2D eigenvalue weighted by Crippen LogP contribution is -2.38. The summed E-state index contributed by atoms with van der Waals surface area (Å²) >= 11 is 0. The summed E-state index contributed by atoms with van der Waals surface area (Å²) in [6.07, 6.45) is 0.345. The van der Waals surface area contributed by atoms with Crippen molar-refractivity contribution in [1.82, 2.24) is 5.32 Å². The fourth-order valence-corrected chi connectivity index (χ4v) is 1.54. The van der Waals surface area contributed by atoms with Crippen molar-refractivity contribution in [2.45, 2.75) is 33.2 Å². The van der Waals surface area contributed by atoms with Crippen molar-refractivity contribution in [3.63, 3.8) is 0 Å². The molecular weight excluding hydrogens is 264 g/mol. The Morgan fingerprint density at radius 1 is 1.42 bits per heavy atom. The van der Waals surface area contributed by atoms with Gasteiger partial charge in [-0.25, -0.2) is 0 Å². The molecular formula is C14H23ClN2O2. The number of nitrogens with one attached hydrogen (secondary N) is 1. The fourth-order valence-electron chi connectivity index (χ4n) is 1.54. The molecule has 0 aliphatic rings. The number of amides is 1. The van der Waals surface area contributed by atoms with Crippen molar-refractivity contribution in [1.29, 1.82) is 0 Å². The number of carbonyl (C=O) groups is 1. The number of benzene rings is 1. The first-order chi connectivity index (χ1) is 8.54. The molecule has 1 aromatic rings. The molecule has 0 aliphatic carbocycles. The van der Waals surface area contributed by atoms with Crippen molar-refractivity contribution in [3.8, 4) is 5.75 Å². The summed E-state index contributed by atoms with van der Waals surface area (Å²) in [5.41, 5.74) is 7.74. The zero-order chi connectivity index (χ0) is 13.5. The molecule has 0 heterocycles. The first-order valence-corrected chi connectivity index (χ1v) is 6.23. The Balaban J connectivity index is 0.00000324. The molecule has 3 N–H and O–H groups in total. The molecule has 108 valence electrons. The van der Waals surface area contributed by atoms with E-state index in [1.165, 1.54) is 5.56 Å². The van der Waals surface area contributed by atoms with Gasteiger partial charge < -0.3 is 15.8 Å². The molecule has 0 saturated carbocycles. The van der Waals surface area contributed by atoms with E-state index in [2.05, 4.69) is 5.32 Å². The predicted molar refractivity (Wildman–Crippen MR) is 79.9 cm³/mol. The summed E-state index contributed by atoms with van der Waals surface area (Å²) in [6.45, 7) is 6.76. The molecule has 5 heteroatoms. The van der Waals surface area contributed by atoms with Gasteiger partial charge in [0, 0.05) is 12.6 Å². The average Bonchev–Trinajstić information content (AvgIpc) is 2.34. The molecule has 0 fully saturated rings. The highest BCUT2D eigenvalue weighted by Gasteiger charge is 2.07. The van der Waals surface area contributed by atoms with Crippen LogP contribution in [0.3, 0.4) is 0 Å². The highest BCUT2D eigenvalue weighted by molar-refractivity contribution is 5.85. The van der Waals surface area contributed by atoms with Crippen molar-refractivity contribution in [2.24, 2.45) is 5.73 Å². The number of rotatable bonds is 6. The molecule has 0 aromatic heterocycles. The van der Waals surface area contributed by atoms with Gasteiger partial charge in [-0.15, -0.1) is 12.4 Å². The number of ether oxygens (including phenoxy) is 1. The Bertz CT molecular complexity index is 410. The molecule has 1 amide bonds. The van der Waals surface area contributed by atoms with E-state index in [0.29, 0.717) is 19.6 Å². The van der Waals surface area contributed by atoms with Crippen LogP contribution in [0.5, 0.6) is 5.75 Å². The van der Waals surface area contributed by atoms with Gasteiger partial charge in [0.2, 0.25) is 5.91 Å². The summed E-state index contributed by atoms with van der Waals surface area (Å²) in [4.78, 5) is 11.5. The van der Waals surface area contributed by atoms with Crippen LogP contribution in [0, 0.1) is 13.8 Å². The number of carbonyl (C=O) groups excluding carboxylic acids is 1. The smallest absolute Gasteiger partial charge is 0.223 e. The van der Waals surface area contributed by atoms with E-state index < -0.39 is 0 Å². The second-order valence-electron chi connectivity index (χ2n) is 4.50. The minimum atomic E-state index is -0.0294. The van der Waals surface area contributed by atoms with Crippen molar-refractivity contribution in [3.05, 3.63) is 29.3 Å². The molecule has 1 atom stereocenters. The molecule has 0 aliphatic heterocycles. The van der Waals surface area contributed by atoms with Gasteiger partial charge in [-0.3, -0.25) is 4.79 Å². The topological polar surface area (TPSA) is 64.3 Å². The van der Waals surface area contributed by atoms with Crippen LogP contribution in [0.4, 0.5) is 0 Å². The first-order valence-electron chi connectivity index (χ1n) is 6.23. The summed E-state index contributed by atoms with van der Waals surface area (Å²) in [7, 11) is 0. The number of halogens is 1. The van der Waals surface area contributed by atoms with Crippen LogP contribution in [0.1, 0.15) is 24.5 Å². The molecule has 1 aromatic carbocycles. The van der Waals surface area contributed by atoms with Gasteiger partial charge in [-0.05, 0) is 38.0 Å². The lowest BCUT2D eigenvalue weighted by molar-refractivity contribution is -0.122. The van der Waals surface area contributed by atoms with Gasteiger partial charge in [0.1, 0.15) is 5.75 Å². The SMILES string of the molecule is Cc1cccc(OCCC(=O)N[C@@H](C)CN)c1C.Cl. The van der Waals surface area contributed by atoms with Crippen LogP contribution in [0.15, 0.2) is 18.2 Å². The van der Waals surface area contributed by atoms with E-state index in [0.717, 1.165) is 11.3 Å². The van der Waals surface area contributed by atoms with E-state index in [4.69, 9.17) is 10.5 Å². The van der Waals surface area contributed by atoms with Gasteiger partial charge >= 0.3 is 0 Å². The molecule has 0 saturated heterocycles. The maximum absolute atomic E-state index is 11.5. The third kappa shape index (κ3) is 5.94. The monoisotopic (exact) mass is 286 g/mol. The van der Waals surface area contributed by atoms with E-state index in [9.17, 15) is 4.79 Å². The van der Waals surface area contributed by atoms with Crippen LogP contribution >= 0.6 is 12.4 Å². The number of aryl methyl sites for hydroxylation is 1. The Hall–Kier alpha value is -1.26. The molecule has 4 nitrogen and oxygen atoms in total.